The summed E-state index contributed by atoms with van der Waals surface area (Å²) < 4.78 is 4.33. The number of rotatable bonds is 6. The third-order valence-electron chi connectivity index (χ3n) is 4.80. The predicted molar refractivity (Wildman–Crippen MR) is 110 cm³/mol. The molecule has 2 aromatic rings. The lowest BCUT2D eigenvalue weighted by atomic mass is 9.90. The molecule has 1 saturated heterocycles. The number of nitrogens with zero attached hydrogens (tertiary/aromatic N) is 1. The van der Waals surface area contributed by atoms with Crippen LogP contribution in [0.1, 0.15) is 37.0 Å². The second kappa shape index (κ2) is 8.39. The molecule has 3 rings (SSSR count). The number of aliphatic hydroxyl groups is 1. The van der Waals surface area contributed by atoms with E-state index < -0.39 is 27.6 Å². The Morgan fingerprint density at radius 1 is 1.19 bits per heavy atom. The number of alkyl halides is 1. The van der Waals surface area contributed by atoms with Gasteiger partial charge in [-0.1, -0.05) is 74.0 Å². The summed E-state index contributed by atoms with van der Waals surface area (Å²) in [5.41, 5.74) is 1.48. The number of cyclic esters (lactones) is 1. The molecular weight excluding hydrogens is 457 g/mol. The molecule has 1 aliphatic rings. The van der Waals surface area contributed by atoms with Gasteiger partial charge in [-0.15, -0.1) is 0 Å². The second-order valence-corrected chi connectivity index (χ2v) is 8.39. The molecule has 2 amide bonds. The van der Waals surface area contributed by atoms with Crippen molar-refractivity contribution in [3.63, 3.8) is 0 Å². The van der Waals surface area contributed by atoms with Crippen molar-refractivity contribution in [2.45, 2.75) is 29.4 Å². The Hall–Kier alpha value is -1.93. The van der Waals surface area contributed by atoms with Crippen LogP contribution in [-0.4, -0.2) is 28.6 Å². The Balaban J connectivity index is 1.95. The van der Waals surface area contributed by atoms with Crippen LogP contribution in [0.2, 0.25) is 0 Å². The Morgan fingerprint density at radius 3 is 2.37 bits per heavy atom. The molecule has 0 radical (unpaired) electrons. The van der Waals surface area contributed by atoms with Gasteiger partial charge in [0.15, 0.2) is 3.55 Å². The second-order valence-electron chi connectivity index (χ2n) is 6.60. The summed E-state index contributed by atoms with van der Waals surface area (Å²) in [4.78, 5) is 27.1. The summed E-state index contributed by atoms with van der Waals surface area (Å²) in [7, 11) is 0. The van der Waals surface area contributed by atoms with Gasteiger partial charge in [-0.05, 0) is 40.1 Å². The molecule has 27 heavy (non-hydrogen) atoms. The highest BCUT2D eigenvalue weighted by Crippen LogP contribution is 2.43. The number of imide groups is 1. The average molecular weight is 479 g/mol. The van der Waals surface area contributed by atoms with E-state index >= 15 is 0 Å². The Kier molecular flexibility index (Phi) is 6.16. The molecule has 1 aliphatic heterocycles. The van der Waals surface area contributed by atoms with Crippen LogP contribution in [-0.2, 0) is 13.1 Å². The fourth-order valence-corrected chi connectivity index (χ4v) is 4.33. The number of carbonyl (C=O) groups excluding carboxylic acids is 2. The van der Waals surface area contributed by atoms with E-state index in [1.165, 1.54) is 4.90 Å². The van der Waals surface area contributed by atoms with Gasteiger partial charge >= 0.3 is 6.09 Å². The van der Waals surface area contributed by atoms with E-state index in [1.54, 1.807) is 12.1 Å². The number of aliphatic hydroxyl groups excluding tert-OH is 1. The van der Waals surface area contributed by atoms with Crippen LogP contribution >= 0.6 is 22.6 Å². The largest absolute Gasteiger partial charge is 0.445 e. The van der Waals surface area contributed by atoms with Crippen LogP contribution in [0.15, 0.2) is 60.7 Å². The van der Waals surface area contributed by atoms with Crippen molar-refractivity contribution < 1.29 is 19.4 Å². The smallest absolute Gasteiger partial charge is 0.418 e. The SMILES string of the molecule is CCC[C@@H](C(=O)N1C(=O)OCC1(I)c1ccccc1)[C@H](O)c1ccccc1. The molecule has 0 aliphatic carbocycles. The molecule has 0 spiro atoms. The zero-order valence-electron chi connectivity index (χ0n) is 15.0. The maximum Gasteiger partial charge on any atom is 0.418 e. The molecule has 3 atom stereocenters. The molecule has 0 saturated carbocycles. The van der Waals surface area contributed by atoms with Crippen molar-refractivity contribution in [1.82, 2.24) is 4.90 Å². The summed E-state index contributed by atoms with van der Waals surface area (Å²) in [6.07, 6.45) is -0.466. The molecule has 1 unspecified atom stereocenters. The molecule has 1 N–H and O–H groups in total. The number of ether oxygens (including phenoxy) is 1. The van der Waals surface area contributed by atoms with E-state index in [4.69, 9.17) is 4.74 Å². The van der Waals surface area contributed by atoms with Gasteiger partial charge in [0.05, 0.1) is 12.0 Å². The van der Waals surface area contributed by atoms with Gasteiger partial charge in [0.25, 0.3) is 0 Å². The maximum atomic E-state index is 13.4. The van der Waals surface area contributed by atoms with Crippen molar-refractivity contribution in [3.8, 4) is 0 Å². The Labute approximate surface area is 172 Å². The molecule has 6 heteroatoms. The quantitative estimate of drug-likeness (QED) is 0.379. The van der Waals surface area contributed by atoms with Crippen molar-refractivity contribution >= 4 is 34.6 Å². The first-order valence-corrected chi connectivity index (χ1v) is 10.0. The van der Waals surface area contributed by atoms with E-state index in [2.05, 4.69) is 22.6 Å². The molecule has 2 aromatic carbocycles. The van der Waals surface area contributed by atoms with E-state index in [-0.39, 0.29) is 6.61 Å². The van der Waals surface area contributed by atoms with Crippen LogP contribution in [0.3, 0.4) is 0 Å². The number of hydrogen-bond acceptors (Lipinski definition) is 4. The van der Waals surface area contributed by atoms with Crippen molar-refractivity contribution in [3.05, 3.63) is 71.8 Å². The predicted octanol–water partition coefficient (Wildman–Crippen LogP) is 4.40. The van der Waals surface area contributed by atoms with Gasteiger partial charge in [-0.2, -0.15) is 0 Å². The maximum absolute atomic E-state index is 13.4. The molecular formula is C21H22INO4. The minimum atomic E-state index is -0.983. The molecule has 0 bridgehead atoms. The van der Waals surface area contributed by atoms with Crippen LogP contribution in [0, 0.1) is 5.92 Å². The first kappa shape index (κ1) is 19.8. The molecule has 0 aromatic heterocycles. The lowest BCUT2D eigenvalue weighted by Gasteiger charge is -2.33. The van der Waals surface area contributed by atoms with E-state index in [9.17, 15) is 14.7 Å². The van der Waals surface area contributed by atoms with Crippen LogP contribution in [0.5, 0.6) is 0 Å². The topological polar surface area (TPSA) is 66.8 Å². The van der Waals surface area contributed by atoms with Crippen molar-refractivity contribution in [1.29, 1.82) is 0 Å². The normalized spacial score (nSPS) is 21.6. The molecule has 1 heterocycles. The lowest BCUT2D eigenvalue weighted by Crippen LogP contribution is -2.47. The molecule has 5 nitrogen and oxygen atoms in total. The van der Waals surface area contributed by atoms with Crippen LogP contribution in [0.25, 0.3) is 0 Å². The molecule has 142 valence electrons. The van der Waals surface area contributed by atoms with Gasteiger partial charge in [0, 0.05) is 0 Å². The summed E-state index contributed by atoms with van der Waals surface area (Å²) in [6.45, 7) is 2.04. The van der Waals surface area contributed by atoms with Crippen molar-refractivity contribution in [2.24, 2.45) is 5.92 Å². The minimum absolute atomic E-state index is 0.0857. The summed E-state index contributed by atoms with van der Waals surface area (Å²) in [6, 6.07) is 18.4. The van der Waals surface area contributed by atoms with Gasteiger partial charge in [0.1, 0.15) is 6.61 Å². The monoisotopic (exact) mass is 479 g/mol. The van der Waals surface area contributed by atoms with Gasteiger partial charge in [-0.25, -0.2) is 9.69 Å². The minimum Gasteiger partial charge on any atom is -0.445 e. The third-order valence-corrected chi connectivity index (χ3v) is 6.22. The van der Waals surface area contributed by atoms with Crippen LogP contribution < -0.4 is 0 Å². The van der Waals surface area contributed by atoms with Crippen molar-refractivity contribution in [2.75, 3.05) is 6.61 Å². The highest BCUT2D eigenvalue weighted by molar-refractivity contribution is 14.1. The highest BCUT2D eigenvalue weighted by Gasteiger charge is 2.52. The zero-order valence-corrected chi connectivity index (χ0v) is 17.2. The fourth-order valence-electron chi connectivity index (χ4n) is 3.38. The van der Waals surface area contributed by atoms with Crippen LogP contribution in [0.4, 0.5) is 4.79 Å². The zero-order chi connectivity index (χ0) is 19.4. The Morgan fingerprint density at radius 2 is 1.78 bits per heavy atom. The number of halogens is 1. The first-order valence-electron chi connectivity index (χ1n) is 8.97. The van der Waals surface area contributed by atoms with E-state index in [1.807, 2.05) is 55.5 Å². The van der Waals surface area contributed by atoms with Gasteiger partial charge in [0.2, 0.25) is 5.91 Å². The number of amides is 2. The van der Waals surface area contributed by atoms with Gasteiger partial charge < -0.3 is 9.84 Å². The molecule has 1 fully saturated rings. The third kappa shape index (κ3) is 3.87. The van der Waals surface area contributed by atoms with Gasteiger partial charge in [-0.3, -0.25) is 4.79 Å². The van der Waals surface area contributed by atoms with E-state index in [0.717, 1.165) is 5.56 Å². The fraction of sp³-hybridized carbons (Fsp3) is 0.333. The summed E-state index contributed by atoms with van der Waals surface area (Å²) in [5.74, 6) is -1.13. The summed E-state index contributed by atoms with van der Waals surface area (Å²) >= 11 is 2.10. The lowest BCUT2D eigenvalue weighted by molar-refractivity contribution is -0.138. The standard InChI is InChI=1S/C21H22INO4/c1-2-9-17(18(24)15-10-5-3-6-11-15)19(25)23-20(26)27-14-21(23,22)16-12-7-4-8-13-16/h3-8,10-13,17-18,24H,2,9,14H2,1H3/t17-,18-,21?/m1/s1. The highest BCUT2D eigenvalue weighted by atomic mass is 127. The average Bonchev–Trinajstić information content (AvgIpc) is 3.02. The number of hydrogen-bond donors (Lipinski definition) is 1. The summed E-state index contributed by atoms with van der Waals surface area (Å²) in [5, 5.41) is 10.9. The number of carbonyl (C=O) groups is 2. The Bertz CT molecular complexity index is 798. The number of benzene rings is 2. The van der Waals surface area contributed by atoms with E-state index in [0.29, 0.717) is 18.4 Å². The first-order chi connectivity index (χ1) is 13.0.